The quantitative estimate of drug-likeness (QED) is 0.809. The Morgan fingerprint density at radius 2 is 2.19 bits per heavy atom. The van der Waals surface area contributed by atoms with Crippen LogP contribution in [0.1, 0.15) is 30.0 Å². The summed E-state index contributed by atoms with van der Waals surface area (Å²) in [5.74, 6) is 0. The maximum absolute atomic E-state index is 5.08. The van der Waals surface area contributed by atoms with E-state index in [-0.39, 0.29) is 0 Å². The van der Waals surface area contributed by atoms with Crippen LogP contribution in [0.2, 0.25) is 0 Å². The molecule has 1 N–H and O–H groups in total. The number of hydrogen-bond acceptors (Lipinski definition) is 2. The standard InChI is InChI=1S/C13H20BrNO/c1-10-6-7-11(12(14)9-10)13(15-2)5-4-8-16-3/h6-7,9,13,15H,4-5,8H2,1-3H3. The highest BCUT2D eigenvalue weighted by molar-refractivity contribution is 9.10. The smallest absolute Gasteiger partial charge is 0.0462 e. The Kier molecular flexibility index (Phi) is 6.03. The van der Waals surface area contributed by atoms with Crippen LogP contribution >= 0.6 is 15.9 Å². The molecular weight excluding hydrogens is 266 g/mol. The molecule has 0 aliphatic heterocycles. The average Bonchev–Trinajstić information content (AvgIpc) is 2.26. The molecule has 1 aromatic rings. The highest BCUT2D eigenvalue weighted by Gasteiger charge is 2.11. The molecule has 0 aliphatic carbocycles. The molecule has 1 unspecified atom stereocenters. The van der Waals surface area contributed by atoms with Crippen molar-refractivity contribution in [3.05, 3.63) is 33.8 Å². The first-order valence-corrected chi connectivity index (χ1v) is 6.40. The van der Waals surface area contributed by atoms with Gasteiger partial charge in [-0.2, -0.15) is 0 Å². The van der Waals surface area contributed by atoms with Crippen LogP contribution in [0, 0.1) is 6.92 Å². The van der Waals surface area contributed by atoms with Crippen LogP contribution < -0.4 is 5.32 Å². The van der Waals surface area contributed by atoms with E-state index in [0.29, 0.717) is 6.04 Å². The number of rotatable bonds is 6. The van der Waals surface area contributed by atoms with Crippen molar-refractivity contribution in [2.45, 2.75) is 25.8 Å². The van der Waals surface area contributed by atoms with Crippen molar-refractivity contribution in [1.82, 2.24) is 5.32 Å². The Morgan fingerprint density at radius 1 is 1.44 bits per heavy atom. The predicted octanol–water partition coefficient (Wildman–Crippen LogP) is 3.44. The summed E-state index contributed by atoms with van der Waals surface area (Å²) in [7, 11) is 3.75. The van der Waals surface area contributed by atoms with E-state index < -0.39 is 0 Å². The van der Waals surface area contributed by atoms with Crippen molar-refractivity contribution >= 4 is 15.9 Å². The van der Waals surface area contributed by atoms with Crippen LogP contribution in [-0.2, 0) is 4.74 Å². The van der Waals surface area contributed by atoms with Gasteiger partial charge in [0.05, 0.1) is 0 Å². The molecule has 1 atom stereocenters. The molecule has 0 aliphatic rings. The van der Waals surface area contributed by atoms with Gasteiger partial charge in [0.25, 0.3) is 0 Å². The van der Waals surface area contributed by atoms with Gasteiger partial charge in [0.15, 0.2) is 0 Å². The molecule has 0 bridgehead atoms. The summed E-state index contributed by atoms with van der Waals surface area (Å²) in [6.45, 7) is 2.93. The van der Waals surface area contributed by atoms with E-state index in [2.05, 4.69) is 46.4 Å². The average molecular weight is 286 g/mol. The summed E-state index contributed by atoms with van der Waals surface area (Å²) in [4.78, 5) is 0. The lowest BCUT2D eigenvalue weighted by Crippen LogP contribution is -2.17. The first-order valence-electron chi connectivity index (χ1n) is 5.61. The molecule has 0 fully saturated rings. The van der Waals surface area contributed by atoms with Gasteiger partial charge in [-0.15, -0.1) is 0 Å². The summed E-state index contributed by atoms with van der Waals surface area (Å²) in [5, 5.41) is 3.35. The maximum atomic E-state index is 5.08. The highest BCUT2D eigenvalue weighted by atomic mass is 79.9. The number of halogens is 1. The van der Waals surface area contributed by atoms with Gasteiger partial charge in [-0.25, -0.2) is 0 Å². The Labute approximate surface area is 107 Å². The molecule has 2 nitrogen and oxygen atoms in total. The van der Waals surface area contributed by atoms with Gasteiger partial charge in [0.2, 0.25) is 0 Å². The third-order valence-electron chi connectivity index (χ3n) is 2.72. The van der Waals surface area contributed by atoms with Crippen molar-refractivity contribution in [3.8, 4) is 0 Å². The third kappa shape index (κ3) is 3.89. The molecule has 0 spiro atoms. The second-order valence-corrected chi connectivity index (χ2v) is 4.86. The Morgan fingerprint density at radius 3 is 2.75 bits per heavy atom. The first-order chi connectivity index (χ1) is 7.69. The number of benzene rings is 1. The van der Waals surface area contributed by atoms with Gasteiger partial charge in [0, 0.05) is 24.2 Å². The minimum atomic E-state index is 0.394. The van der Waals surface area contributed by atoms with Gasteiger partial charge in [-0.05, 0) is 44.0 Å². The number of nitrogens with one attached hydrogen (secondary N) is 1. The zero-order valence-electron chi connectivity index (χ0n) is 10.2. The molecule has 1 aromatic carbocycles. The zero-order valence-corrected chi connectivity index (χ0v) is 11.8. The Bertz CT molecular complexity index is 328. The molecule has 0 amide bonds. The monoisotopic (exact) mass is 285 g/mol. The molecule has 0 saturated carbocycles. The zero-order chi connectivity index (χ0) is 12.0. The highest BCUT2D eigenvalue weighted by Crippen LogP contribution is 2.27. The largest absolute Gasteiger partial charge is 0.385 e. The summed E-state index contributed by atoms with van der Waals surface area (Å²) < 4.78 is 6.27. The van der Waals surface area contributed by atoms with Crippen LogP contribution in [0.3, 0.4) is 0 Å². The normalized spacial score (nSPS) is 12.8. The van der Waals surface area contributed by atoms with Gasteiger partial charge < -0.3 is 10.1 Å². The van der Waals surface area contributed by atoms with Crippen molar-refractivity contribution < 1.29 is 4.74 Å². The second-order valence-electron chi connectivity index (χ2n) is 4.00. The fourth-order valence-corrected chi connectivity index (χ4v) is 2.57. The molecule has 1 rings (SSSR count). The van der Waals surface area contributed by atoms with E-state index in [1.807, 2.05) is 7.05 Å². The molecule has 0 radical (unpaired) electrons. The van der Waals surface area contributed by atoms with Crippen LogP contribution in [0.4, 0.5) is 0 Å². The number of ether oxygens (including phenoxy) is 1. The van der Waals surface area contributed by atoms with Crippen LogP contribution in [-0.4, -0.2) is 20.8 Å². The maximum Gasteiger partial charge on any atom is 0.0462 e. The summed E-state index contributed by atoms with van der Waals surface area (Å²) in [6, 6.07) is 6.90. The van der Waals surface area contributed by atoms with Crippen LogP contribution in [0.5, 0.6) is 0 Å². The second kappa shape index (κ2) is 7.05. The van der Waals surface area contributed by atoms with E-state index in [1.54, 1.807) is 7.11 Å². The van der Waals surface area contributed by atoms with Crippen molar-refractivity contribution in [1.29, 1.82) is 0 Å². The lowest BCUT2D eigenvalue weighted by molar-refractivity contribution is 0.189. The first kappa shape index (κ1) is 13.7. The molecule has 0 heterocycles. The fourth-order valence-electron chi connectivity index (χ4n) is 1.80. The van der Waals surface area contributed by atoms with E-state index in [1.165, 1.54) is 15.6 Å². The van der Waals surface area contributed by atoms with E-state index in [4.69, 9.17) is 4.74 Å². The van der Waals surface area contributed by atoms with Gasteiger partial charge in [-0.3, -0.25) is 0 Å². The van der Waals surface area contributed by atoms with Crippen LogP contribution in [0.25, 0.3) is 0 Å². The molecule has 3 heteroatoms. The number of aryl methyl sites for hydroxylation is 1. The summed E-state index contributed by atoms with van der Waals surface area (Å²) in [5.41, 5.74) is 2.60. The molecule has 16 heavy (non-hydrogen) atoms. The number of methoxy groups -OCH3 is 1. The fraction of sp³-hybridized carbons (Fsp3) is 0.538. The minimum absolute atomic E-state index is 0.394. The minimum Gasteiger partial charge on any atom is -0.385 e. The summed E-state index contributed by atoms with van der Waals surface area (Å²) in [6.07, 6.45) is 2.16. The predicted molar refractivity (Wildman–Crippen MR) is 71.8 cm³/mol. The van der Waals surface area contributed by atoms with E-state index >= 15 is 0 Å². The summed E-state index contributed by atoms with van der Waals surface area (Å²) >= 11 is 3.63. The third-order valence-corrected chi connectivity index (χ3v) is 3.41. The topological polar surface area (TPSA) is 21.3 Å². The van der Waals surface area contributed by atoms with Crippen molar-refractivity contribution in [2.24, 2.45) is 0 Å². The van der Waals surface area contributed by atoms with Crippen molar-refractivity contribution in [2.75, 3.05) is 20.8 Å². The Hall–Kier alpha value is -0.380. The molecule has 0 saturated heterocycles. The van der Waals surface area contributed by atoms with Gasteiger partial charge in [0.1, 0.15) is 0 Å². The lowest BCUT2D eigenvalue weighted by atomic mass is 10.0. The Balaban J connectivity index is 2.70. The van der Waals surface area contributed by atoms with Gasteiger partial charge >= 0.3 is 0 Å². The van der Waals surface area contributed by atoms with Crippen molar-refractivity contribution in [3.63, 3.8) is 0 Å². The molecule has 0 aromatic heterocycles. The van der Waals surface area contributed by atoms with E-state index in [0.717, 1.165) is 19.4 Å². The molecular formula is C13H20BrNO. The van der Waals surface area contributed by atoms with Crippen LogP contribution in [0.15, 0.2) is 22.7 Å². The number of hydrogen-bond donors (Lipinski definition) is 1. The lowest BCUT2D eigenvalue weighted by Gasteiger charge is -2.18. The molecule has 90 valence electrons. The SMILES string of the molecule is CNC(CCCOC)c1ccc(C)cc1Br. The van der Waals surface area contributed by atoms with Gasteiger partial charge in [-0.1, -0.05) is 28.1 Å². The van der Waals surface area contributed by atoms with E-state index in [9.17, 15) is 0 Å².